The van der Waals surface area contributed by atoms with Gasteiger partial charge >= 0.3 is 6.36 Å². The summed E-state index contributed by atoms with van der Waals surface area (Å²) in [5.74, 6) is 1.29. The number of alkyl halides is 3. The Morgan fingerprint density at radius 1 is 1.04 bits per heavy atom. The average Bonchev–Trinajstić information content (AvgIpc) is 2.65. The molecule has 1 N–H and O–H groups in total. The molecule has 2 atom stereocenters. The van der Waals surface area contributed by atoms with Crippen LogP contribution in [-0.2, 0) is 0 Å². The Morgan fingerprint density at radius 3 is 2.26 bits per heavy atom. The summed E-state index contributed by atoms with van der Waals surface area (Å²) in [5.41, 5.74) is 1.64. The Bertz CT molecular complexity index is 767. The van der Waals surface area contributed by atoms with Crippen molar-refractivity contribution in [3.8, 4) is 16.9 Å². The molecule has 2 unspecified atom stereocenters. The Balaban J connectivity index is 1.43. The molecule has 3 saturated heterocycles. The van der Waals surface area contributed by atoms with Crippen LogP contribution < -0.4 is 10.1 Å². The molecule has 3 fully saturated rings. The highest BCUT2D eigenvalue weighted by Gasteiger charge is 2.39. The Kier molecular flexibility index (Phi) is 4.72. The molecule has 27 heavy (non-hydrogen) atoms. The lowest BCUT2D eigenvalue weighted by molar-refractivity contribution is -0.274. The number of hydrogen-bond acceptors (Lipinski definition) is 4. The van der Waals surface area contributed by atoms with Crippen molar-refractivity contribution in [2.75, 3.05) is 18.4 Å². The SMILES string of the molecule is CC1C(Nc2ccc(-c3ccc(OC(F)(F)F)cc3)cn2)C2CCN1CC2. The Hall–Kier alpha value is -2.28. The van der Waals surface area contributed by atoms with E-state index in [9.17, 15) is 13.2 Å². The van der Waals surface area contributed by atoms with Gasteiger partial charge in [0.1, 0.15) is 11.6 Å². The van der Waals surface area contributed by atoms with Crippen LogP contribution in [0, 0.1) is 5.92 Å². The van der Waals surface area contributed by atoms with Crippen LogP contribution in [0.25, 0.3) is 11.1 Å². The van der Waals surface area contributed by atoms with Crippen molar-refractivity contribution in [3.05, 3.63) is 42.6 Å². The number of ether oxygens (including phenoxy) is 1. The third-order valence-electron chi connectivity index (χ3n) is 5.68. The minimum atomic E-state index is -4.68. The van der Waals surface area contributed by atoms with Crippen LogP contribution in [0.15, 0.2) is 42.6 Å². The first-order valence-electron chi connectivity index (χ1n) is 9.22. The van der Waals surface area contributed by atoms with Gasteiger partial charge in [0.15, 0.2) is 0 Å². The number of halogens is 3. The van der Waals surface area contributed by atoms with Crippen LogP contribution in [0.3, 0.4) is 0 Å². The number of nitrogens with one attached hydrogen (secondary N) is 1. The number of aromatic nitrogens is 1. The van der Waals surface area contributed by atoms with Gasteiger partial charge in [0.2, 0.25) is 0 Å². The van der Waals surface area contributed by atoms with E-state index >= 15 is 0 Å². The van der Waals surface area contributed by atoms with E-state index in [1.165, 1.54) is 38.1 Å². The lowest BCUT2D eigenvalue weighted by atomic mass is 9.79. The van der Waals surface area contributed by atoms with E-state index < -0.39 is 6.36 Å². The van der Waals surface area contributed by atoms with Crippen molar-refractivity contribution < 1.29 is 17.9 Å². The average molecular weight is 377 g/mol. The zero-order valence-electron chi connectivity index (χ0n) is 15.0. The molecule has 0 spiro atoms. The number of pyridine rings is 1. The zero-order valence-corrected chi connectivity index (χ0v) is 15.0. The molecule has 0 saturated carbocycles. The van der Waals surface area contributed by atoms with Gasteiger partial charge < -0.3 is 10.1 Å². The first kappa shape index (κ1) is 18.1. The first-order chi connectivity index (χ1) is 12.9. The van der Waals surface area contributed by atoms with Crippen molar-refractivity contribution in [2.24, 2.45) is 5.92 Å². The molecular formula is C20H22F3N3O. The summed E-state index contributed by atoms with van der Waals surface area (Å²) in [6.45, 7) is 4.64. The minimum absolute atomic E-state index is 0.228. The van der Waals surface area contributed by atoms with E-state index in [0.717, 1.165) is 16.9 Å². The molecule has 0 aliphatic carbocycles. The molecule has 4 heterocycles. The number of rotatable bonds is 4. The van der Waals surface area contributed by atoms with E-state index in [2.05, 4.69) is 26.9 Å². The largest absolute Gasteiger partial charge is 0.573 e. The van der Waals surface area contributed by atoms with E-state index in [-0.39, 0.29) is 5.75 Å². The number of benzene rings is 1. The second-order valence-corrected chi connectivity index (χ2v) is 7.29. The quantitative estimate of drug-likeness (QED) is 0.849. The molecule has 5 rings (SSSR count). The number of piperidine rings is 3. The summed E-state index contributed by atoms with van der Waals surface area (Å²) in [6.07, 6.45) is -0.477. The molecule has 3 aliphatic rings. The molecule has 3 aliphatic heterocycles. The maximum Gasteiger partial charge on any atom is 0.573 e. The minimum Gasteiger partial charge on any atom is -0.406 e. The molecule has 4 nitrogen and oxygen atoms in total. The van der Waals surface area contributed by atoms with Gasteiger partial charge in [-0.05, 0) is 68.6 Å². The molecular weight excluding hydrogens is 355 g/mol. The molecule has 2 bridgehead atoms. The highest BCUT2D eigenvalue weighted by molar-refractivity contribution is 5.64. The van der Waals surface area contributed by atoms with Gasteiger partial charge in [-0.25, -0.2) is 4.98 Å². The van der Waals surface area contributed by atoms with Gasteiger partial charge in [-0.2, -0.15) is 0 Å². The third kappa shape index (κ3) is 4.03. The second kappa shape index (κ2) is 7.03. The zero-order chi connectivity index (χ0) is 19.0. The van der Waals surface area contributed by atoms with Gasteiger partial charge in [0.25, 0.3) is 0 Å². The monoisotopic (exact) mass is 377 g/mol. The highest BCUT2D eigenvalue weighted by Crippen LogP contribution is 2.34. The van der Waals surface area contributed by atoms with Crippen LogP contribution in [0.2, 0.25) is 0 Å². The maximum atomic E-state index is 12.2. The lowest BCUT2D eigenvalue weighted by Crippen LogP contribution is -2.59. The normalized spacial score (nSPS) is 27.4. The van der Waals surface area contributed by atoms with Gasteiger partial charge in [0, 0.05) is 23.8 Å². The molecule has 1 aromatic heterocycles. The molecule has 0 amide bonds. The van der Waals surface area contributed by atoms with Gasteiger partial charge in [-0.3, -0.25) is 4.90 Å². The molecule has 0 radical (unpaired) electrons. The topological polar surface area (TPSA) is 37.4 Å². The molecule has 2 aromatic rings. The predicted molar refractivity (Wildman–Crippen MR) is 97.5 cm³/mol. The van der Waals surface area contributed by atoms with Crippen LogP contribution in [-0.4, -0.2) is 41.4 Å². The van der Waals surface area contributed by atoms with Crippen molar-refractivity contribution in [3.63, 3.8) is 0 Å². The fourth-order valence-corrected chi connectivity index (χ4v) is 4.22. The van der Waals surface area contributed by atoms with Crippen LogP contribution >= 0.6 is 0 Å². The van der Waals surface area contributed by atoms with E-state index in [4.69, 9.17) is 0 Å². The summed E-state index contributed by atoms with van der Waals surface area (Å²) in [5, 5.41) is 3.58. The fourth-order valence-electron chi connectivity index (χ4n) is 4.22. The smallest absolute Gasteiger partial charge is 0.406 e. The van der Waals surface area contributed by atoms with Gasteiger partial charge in [-0.15, -0.1) is 13.2 Å². The van der Waals surface area contributed by atoms with Crippen molar-refractivity contribution in [2.45, 2.75) is 38.2 Å². The Labute approximate surface area is 156 Å². The number of hydrogen-bond donors (Lipinski definition) is 1. The number of anilines is 1. The highest BCUT2D eigenvalue weighted by atomic mass is 19.4. The van der Waals surface area contributed by atoms with E-state index in [1.54, 1.807) is 18.3 Å². The van der Waals surface area contributed by atoms with Crippen LogP contribution in [0.4, 0.5) is 19.0 Å². The summed E-state index contributed by atoms with van der Waals surface area (Å²) in [6, 6.07) is 10.6. The summed E-state index contributed by atoms with van der Waals surface area (Å²) < 4.78 is 40.6. The summed E-state index contributed by atoms with van der Waals surface area (Å²) in [4.78, 5) is 7.03. The van der Waals surface area contributed by atoms with E-state index in [0.29, 0.717) is 18.0 Å². The third-order valence-corrected chi connectivity index (χ3v) is 5.68. The molecule has 1 aromatic carbocycles. The summed E-state index contributed by atoms with van der Waals surface area (Å²) >= 11 is 0. The first-order valence-corrected chi connectivity index (χ1v) is 9.22. The Morgan fingerprint density at radius 2 is 1.70 bits per heavy atom. The van der Waals surface area contributed by atoms with E-state index in [1.807, 2.05) is 12.1 Å². The lowest BCUT2D eigenvalue weighted by Gasteiger charge is -2.50. The standard InChI is InChI=1S/C20H22F3N3O/c1-13-19(15-8-10-26(13)11-9-15)25-18-7-4-16(12-24-18)14-2-5-17(6-3-14)27-20(21,22)23/h2-7,12-13,15,19H,8-11H2,1H3,(H,24,25). The van der Waals surface area contributed by atoms with Crippen molar-refractivity contribution >= 4 is 5.82 Å². The molecule has 7 heteroatoms. The number of fused-ring (bicyclic) bond motifs is 3. The maximum absolute atomic E-state index is 12.2. The molecule has 144 valence electrons. The van der Waals surface area contributed by atoms with Gasteiger partial charge in [0.05, 0.1) is 0 Å². The summed E-state index contributed by atoms with van der Waals surface area (Å²) in [7, 11) is 0. The van der Waals surface area contributed by atoms with Gasteiger partial charge in [-0.1, -0.05) is 12.1 Å². The van der Waals surface area contributed by atoms with Crippen LogP contribution in [0.5, 0.6) is 5.75 Å². The van der Waals surface area contributed by atoms with Crippen molar-refractivity contribution in [1.82, 2.24) is 9.88 Å². The fraction of sp³-hybridized carbons (Fsp3) is 0.450. The van der Waals surface area contributed by atoms with Crippen molar-refractivity contribution in [1.29, 1.82) is 0 Å². The predicted octanol–water partition coefficient (Wildman–Crippen LogP) is 4.54. The number of nitrogens with zero attached hydrogens (tertiary/aromatic N) is 2. The second-order valence-electron chi connectivity index (χ2n) is 7.29. The van der Waals surface area contributed by atoms with Crippen LogP contribution in [0.1, 0.15) is 19.8 Å².